The lowest BCUT2D eigenvalue weighted by atomic mass is 9.99. The summed E-state index contributed by atoms with van der Waals surface area (Å²) in [6.45, 7) is 4.05. The summed E-state index contributed by atoms with van der Waals surface area (Å²) in [5.74, 6) is 0.869. The van der Waals surface area contributed by atoms with Crippen LogP contribution in [0.1, 0.15) is 35.6 Å². The highest BCUT2D eigenvalue weighted by Gasteiger charge is 2.28. The number of benzene rings is 2. The van der Waals surface area contributed by atoms with Crippen molar-refractivity contribution in [3.8, 4) is 5.75 Å². The van der Waals surface area contributed by atoms with Gasteiger partial charge in [0.15, 0.2) is 0 Å². The molecule has 0 aromatic heterocycles. The maximum absolute atomic E-state index is 12.4. The van der Waals surface area contributed by atoms with Crippen molar-refractivity contribution >= 4 is 5.91 Å². The first kappa shape index (κ1) is 17.5. The van der Waals surface area contributed by atoms with Crippen molar-refractivity contribution in [3.05, 3.63) is 65.2 Å². The fourth-order valence-corrected chi connectivity index (χ4v) is 3.61. The molecule has 0 aliphatic carbocycles. The molecule has 0 unspecified atom stereocenters. The zero-order valence-corrected chi connectivity index (χ0v) is 15.0. The molecule has 3 rings (SSSR count). The van der Waals surface area contributed by atoms with E-state index in [-0.39, 0.29) is 5.91 Å². The summed E-state index contributed by atoms with van der Waals surface area (Å²) in [4.78, 5) is 14.7. The van der Waals surface area contributed by atoms with Crippen LogP contribution in [0.15, 0.2) is 48.5 Å². The lowest BCUT2D eigenvalue weighted by Crippen LogP contribution is -2.36. The summed E-state index contributed by atoms with van der Waals surface area (Å²) in [5, 5.41) is 3.03. The average molecular weight is 338 g/mol. The molecule has 1 heterocycles. The van der Waals surface area contributed by atoms with Gasteiger partial charge in [-0.2, -0.15) is 0 Å². The van der Waals surface area contributed by atoms with Crippen LogP contribution in [0.3, 0.4) is 0 Å². The minimum Gasteiger partial charge on any atom is -0.496 e. The highest BCUT2D eigenvalue weighted by atomic mass is 16.5. The number of aryl methyl sites for hydroxylation is 1. The third kappa shape index (κ3) is 4.20. The van der Waals surface area contributed by atoms with E-state index in [1.807, 2.05) is 24.3 Å². The Bertz CT molecular complexity index is 729. The lowest BCUT2D eigenvalue weighted by molar-refractivity contribution is -0.122. The Morgan fingerprint density at radius 2 is 1.96 bits per heavy atom. The van der Waals surface area contributed by atoms with E-state index >= 15 is 0 Å². The van der Waals surface area contributed by atoms with Gasteiger partial charge in [0.05, 0.1) is 13.7 Å². The topological polar surface area (TPSA) is 41.6 Å². The molecule has 1 aliphatic heterocycles. The number of carbonyl (C=O) groups excluding carboxylic acids is 1. The van der Waals surface area contributed by atoms with Gasteiger partial charge in [0.2, 0.25) is 5.91 Å². The van der Waals surface area contributed by atoms with Gasteiger partial charge < -0.3 is 10.1 Å². The number of para-hydroxylation sites is 1. The van der Waals surface area contributed by atoms with E-state index in [2.05, 4.69) is 41.4 Å². The first-order chi connectivity index (χ1) is 12.2. The molecule has 132 valence electrons. The first-order valence-corrected chi connectivity index (χ1v) is 8.87. The van der Waals surface area contributed by atoms with Gasteiger partial charge in [-0.1, -0.05) is 42.5 Å². The number of hydrogen-bond acceptors (Lipinski definition) is 3. The summed E-state index contributed by atoms with van der Waals surface area (Å²) in [6.07, 6.45) is 2.25. The van der Waals surface area contributed by atoms with Crippen LogP contribution in [0, 0.1) is 6.92 Å². The van der Waals surface area contributed by atoms with E-state index in [4.69, 9.17) is 4.74 Å². The second-order valence-corrected chi connectivity index (χ2v) is 6.57. The molecule has 1 aliphatic rings. The van der Waals surface area contributed by atoms with Crippen LogP contribution >= 0.6 is 0 Å². The van der Waals surface area contributed by atoms with Gasteiger partial charge in [0.1, 0.15) is 5.75 Å². The van der Waals surface area contributed by atoms with Crippen molar-refractivity contribution in [2.24, 2.45) is 0 Å². The normalized spacial score (nSPS) is 17.4. The van der Waals surface area contributed by atoms with Gasteiger partial charge >= 0.3 is 0 Å². The van der Waals surface area contributed by atoms with Crippen molar-refractivity contribution in [1.82, 2.24) is 10.2 Å². The van der Waals surface area contributed by atoms with E-state index in [1.54, 1.807) is 7.11 Å². The molecule has 2 aromatic rings. The number of ether oxygens (including phenoxy) is 1. The number of methoxy groups -OCH3 is 1. The fraction of sp³-hybridized carbons (Fsp3) is 0.381. The van der Waals surface area contributed by atoms with Crippen LogP contribution in [0.2, 0.25) is 0 Å². The Morgan fingerprint density at radius 1 is 1.20 bits per heavy atom. The smallest absolute Gasteiger partial charge is 0.234 e. The summed E-state index contributed by atoms with van der Waals surface area (Å²) in [6, 6.07) is 16.6. The highest BCUT2D eigenvalue weighted by molar-refractivity contribution is 5.78. The molecule has 0 saturated carbocycles. The third-order valence-electron chi connectivity index (χ3n) is 4.93. The maximum Gasteiger partial charge on any atom is 0.234 e. The summed E-state index contributed by atoms with van der Waals surface area (Å²) in [7, 11) is 1.65. The zero-order chi connectivity index (χ0) is 17.6. The van der Waals surface area contributed by atoms with Gasteiger partial charge in [0.25, 0.3) is 0 Å². The molecule has 0 spiro atoms. The van der Waals surface area contributed by atoms with Gasteiger partial charge in [-0.05, 0) is 43.5 Å². The molecule has 1 N–H and O–H groups in total. The van der Waals surface area contributed by atoms with Crippen LogP contribution < -0.4 is 10.1 Å². The summed E-state index contributed by atoms with van der Waals surface area (Å²) in [5.41, 5.74) is 3.64. The molecule has 1 atom stereocenters. The molecule has 25 heavy (non-hydrogen) atoms. The Morgan fingerprint density at radius 3 is 2.76 bits per heavy atom. The Kier molecular flexibility index (Phi) is 5.71. The van der Waals surface area contributed by atoms with E-state index in [0.717, 1.165) is 30.7 Å². The fourth-order valence-electron chi connectivity index (χ4n) is 3.61. The van der Waals surface area contributed by atoms with Crippen LogP contribution in [-0.2, 0) is 11.3 Å². The predicted molar refractivity (Wildman–Crippen MR) is 99.6 cm³/mol. The number of nitrogens with zero attached hydrogens (tertiary/aromatic N) is 1. The van der Waals surface area contributed by atoms with E-state index in [0.29, 0.717) is 19.1 Å². The van der Waals surface area contributed by atoms with Crippen LogP contribution in [0.4, 0.5) is 0 Å². The quantitative estimate of drug-likeness (QED) is 0.877. The Hall–Kier alpha value is -2.33. The van der Waals surface area contributed by atoms with E-state index in [1.165, 1.54) is 11.1 Å². The van der Waals surface area contributed by atoms with Crippen LogP contribution in [0.5, 0.6) is 5.75 Å². The standard InChI is InChI=1S/C21H26N2O2/c1-16-8-3-5-10-18(16)19-11-7-13-23(19)15-21(24)22-14-17-9-4-6-12-20(17)25-2/h3-6,8-10,12,19H,7,11,13-15H2,1-2H3,(H,22,24)/t19-/m0/s1. The van der Waals surface area contributed by atoms with Gasteiger partial charge in [0, 0.05) is 18.2 Å². The highest BCUT2D eigenvalue weighted by Crippen LogP contribution is 2.33. The molecule has 1 amide bonds. The summed E-state index contributed by atoms with van der Waals surface area (Å²) < 4.78 is 5.34. The number of rotatable bonds is 6. The molecule has 0 bridgehead atoms. The molecular weight excluding hydrogens is 312 g/mol. The number of nitrogens with one attached hydrogen (secondary N) is 1. The van der Waals surface area contributed by atoms with E-state index < -0.39 is 0 Å². The summed E-state index contributed by atoms with van der Waals surface area (Å²) >= 11 is 0. The van der Waals surface area contributed by atoms with Crippen molar-refractivity contribution in [3.63, 3.8) is 0 Å². The first-order valence-electron chi connectivity index (χ1n) is 8.87. The van der Waals surface area contributed by atoms with E-state index in [9.17, 15) is 4.79 Å². The SMILES string of the molecule is COc1ccccc1CNC(=O)CN1CCC[C@H]1c1ccccc1C. The number of likely N-dealkylation sites (tertiary alicyclic amines) is 1. The largest absolute Gasteiger partial charge is 0.496 e. The van der Waals surface area contributed by atoms with Gasteiger partial charge in [-0.25, -0.2) is 0 Å². The number of carbonyl (C=O) groups is 1. The molecular formula is C21H26N2O2. The molecule has 1 saturated heterocycles. The van der Waals surface area contributed by atoms with Crippen molar-refractivity contribution in [2.45, 2.75) is 32.4 Å². The van der Waals surface area contributed by atoms with Crippen molar-refractivity contribution in [2.75, 3.05) is 20.2 Å². The average Bonchev–Trinajstić information content (AvgIpc) is 3.08. The molecule has 0 radical (unpaired) electrons. The maximum atomic E-state index is 12.4. The minimum absolute atomic E-state index is 0.0615. The molecule has 2 aromatic carbocycles. The van der Waals surface area contributed by atoms with Crippen molar-refractivity contribution < 1.29 is 9.53 Å². The van der Waals surface area contributed by atoms with Gasteiger partial charge in [-0.15, -0.1) is 0 Å². The van der Waals surface area contributed by atoms with Gasteiger partial charge in [-0.3, -0.25) is 9.69 Å². The minimum atomic E-state index is 0.0615. The van der Waals surface area contributed by atoms with Crippen LogP contribution in [0.25, 0.3) is 0 Å². The lowest BCUT2D eigenvalue weighted by Gasteiger charge is -2.25. The number of hydrogen-bond donors (Lipinski definition) is 1. The molecule has 4 heteroatoms. The third-order valence-corrected chi connectivity index (χ3v) is 4.93. The Labute approximate surface area is 149 Å². The monoisotopic (exact) mass is 338 g/mol. The Balaban J connectivity index is 1.60. The predicted octanol–water partition coefficient (Wildman–Crippen LogP) is 3.46. The van der Waals surface area contributed by atoms with Crippen LogP contribution in [-0.4, -0.2) is 31.0 Å². The zero-order valence-electron chi connectivity index (χ0n) is 15.0. The molecule has 4 nitrogen and oxygen atoms in total. The number of amides is 1. The second-order valence-electron chi connectivity index (χ2n) is 6.57. The molecule has 1 fully saturated rings. The second kappa shape index (κ2) is 8.17. The van der Waals surface area contributed by atoms with Crippen molar-refractivity contribution in [1.29, 1.82) is 0 Å².